The number of nitrogens with one attached hydrogen (secondary N) is 7. The molecule has 0 saturated carbocycles. The number of epoxide rings is 1. The number of amides is 8. The maximum Gasteiger partial charge on any atom is 0.338 e. The second-order valence-corrected chi connectivity index (χ2v) is 18.0. The van der Waals surface area contributed by atoms with Gasteiger partial charge in [0.1, 0.15) is 23.9 Å². The average Bonchev–Trinajstić information content (AvgIpc) is 3.84. The van der Waals surface area contributed by atoms with Crippen molar-refractivity contribution in [2.45, 2.75) is 152 Å². The summed E-state index contributed by atoms with van der Waals surface area (Å²) in [5.74, 6) is -2.41. The Morgan fingerprint density at radius 3 is 2.24 bits per heavy atom. The standard InChI is InChI=1S/C43H66N8O11S/c1-4-61-42(59)37-36(62-37)41(58)49-29(22-25(2)3)40(57)48-30(23-26-16-18-27(52)19-17-26)39(56)46-21-10-5-6-15-34(54)47-28(38(44)55)12-9-11-20-45-33(53)14-8-7-13-32-35-31(24-63-32)50-43(60)51-35/h16-19,25,28-32,35-37,52H,4-15,20-24H2,1-3H3,(H2,44,55)(H,45,53)(H,46,56)(H,47,54)(H,48,57)(H,49,58)(H2,50,51,60)/t28-,29-,30+,31+,32-,35-,36-,37+/m0/s1. The highest BCUT2D eigenvalue weighted by molar-refractivity contribution is 8.00. The Hall–Kier alpha value is -5.11. The van der Waals surface area contributed by atoms with Crippen molar-refractivity contribution in [2.24, 2.45) is 11.7 Å². The SMILES string of the molecule is CCOC(=O)[C@@H]1O[C@@H]1C(=O)N[C@@H](CC(C)C)C(=O)N[C@H](Cc1ccc(O)cc1)C(=O)NCCCCCC(=O)N[C@@H](CCCCNC(=O)CCCC[C@@H]1SC[C@H]2NC(=O)N[C@H]12)C(N)=O. The molecule has 20 heteroatoms. The van der Waals surface area contributed by atoms with E-state index in [9.17, 15) is 43.5 Å². The molecule has 3 heterocycles. The van der Waals surface area contributed by atoms with Gasteiger partial charge in [0, 0.05) is 43.4 Å². The lowest BCUT2D eigenvalue weighted by Gasteiger charge is -2.24. The molecule has 63 heavy (non-hydrogen) atoms. The normalized spacial score (nSPS) is 21.1. The van der Waals surface area contributed by atoms with Crippen LogP contribution < -0.4 is 43.0 Å². The number of phenolic OH excluding ortho intramolecular Hbond substituents is 1. The van der Waals surface area contributed by atoms with Crippen molar-refractivity contribution in [3.63, 3.8) is 0 Å². The minimum atomic E-state index is -1.07. The molecule has 1 aromatic carbocycles. The number of hydrogen-bond acceptors (Lipinski definition) is 12. The Morgan fingerprint density at radius 2 is 1.52 bits per heavy atom. The third-order valence-corrected chi connectivity index (χ3v) is 12.5. The molecule has 3 saturated heterocycles. The van der Waals surface area contributed by atoms with E-state index in [1.807, 2.05) is 25.6 Å². The molecular weight excluding hydrogens is 837 g/mol. The monoisotopic (exact) mass is 902 g/mol. The van der Waals surface area contributed by atoms with Crippen LogP contribution in [0.3, 0.4) is 0 Å². The van der Waals surface area contributed by atoms with E-state index in [0.29, 0.717) is 62.3 Å². The fourth-order valence-electron chi connectivity index (χ4n) is 7.56. The fraction of sp³-hybridized carbons (Fsp3) is 0.674. The zero-order valence-electron chi connectivity index (χ0n) is 36.5. The van der Waals surface area contributed by atoms with Crippen LogP contribution in [0.2, 0.25) is 0 Å². The molecule has 350 valence electrons. The molecule has 3 aliphatic heterocycles. The van der Waals surface area contributed by atoms with Gasteiger partial charge in [0.05, 0.1) is 18.7 Å². The van der Waals surface area contributed by atoms with Crippen LogP contribution in [0, 0.1) is 5.92 Å². The molecule has 0 unspecified atom stereocenters. The topological polar surface area (TPSA) is 289 Å². The summed E-state index contributed by atoms with van der Waals surface area (Å²) in [4.78, 5) is 101. The number of primary amides is 1. The van der Waals surface area contributed by atoms with Gasteiger partial charge in [-0.15, -0.1) is 0 Å². The number of ether oxygens (including phenoxy) is 2. The summed E-state index contributed by atoms with van der Waals surface area (Å²) in [6.07, 6.45) is 4.53. The number of benzene rings is 1. The van der Waals surface area contributed by atoms with Crippen molar-refractivity contribution < 1.29 is 52.9 Å². The van der Waals surface area contributed by atoms with E-state index in [0.717, 1.165) is 25.0 Å². The van der Waals surface area contributed by atoms with Crippen LogP contribution in [0.1, 0.15) is 103 Å². The first-order valence-corrected chi connectivity index (χ1v) is 23.2. The highest BCUT2D eigenvalue weighted by Crippen LogP contribution is 2.33. The molecule has 0 bridgehead atoms. The molecule has 8 atom stereocenters. The minimum Gasteiger partial charge on any atom is -0.508 e. The number of thioether (sulfide) groups is 1. The van der Waals surface area contributed by atoms with Gasteiger partial charge in [-0.25, -0.2) is 9.59 Å². The maximum atomic E-state index is 13.6. The van der Waals surface area contributed by atoms with Gasteiger partial charge in [-0.3, -0.25) is 28.8 Å². The van der Waals surface area contributed by atoms with Crippen molar-refractivity contribution in [1.29, 1.82) is 0 Å². The van der Waals surface area contributed by atoms with Gasteiger partial charge in [-0.05, 0) is 81.9 Å². The average molecular weight is 903 g/mol. The number of esters is 1. The molecule has 0 radical (unpaired) electrons. The lowest BCUT2D eigenvalue weighted by atomic mass is 10.0. The number of hydrogen-bond donors (Lipinski definition) is 9. The molecule has 3 aliphatic rings. The van der Waals surface area contributed by atoms with E-state index >= 15 is 0 Å². The van der Waals surface area contributed by atoms with Gasteiger partial charge >= 0.3 is 12.0 Å². The van der Waals surface area contributed by atoms with Gasteiger partial charge in [0.15, 0.2) is 12.2 Å². The Morgan fingerprint density at radius 1 is 0.825 bits per heavy atom. The van der Waals surface area contributed by atoms with Crippen LogP contribution in [0.4, 0.5) is 4.79 Å². The predicted octanol–water partition coefficient (Wildman–Crippen LogP) is 0.940. The predicted molar refractivity (Wildman–Crippen MR) is 234 cm³/mol. The van der Waals surface area contributed by atoms with Crippen molar-refractivity contribution >= 4 is 59.2 Å². The number of fused-ring (bicyclic) bond motifs is 1. The summed E-state index contributed by atoms with van der Waals surface area (Å²) in [6.45, 7) is 6.22. The Balaban J connectivity index is 1.12. The third-order valence-electron chi connectivity index (χ3n) is 11.0. The van der Waals surface area contributed by atoms with Crippen molar-refractivity contribution in [2.75, 3.05) is 25.4 Å². The van der Waals surface area contributed by atoms with E-state index in [-0.39, 0.29) is 74.0 Å². The quantitative estimate of drug-likeness (QED) is 0.0235. The molecule has 19 nitrogen and oxygen atoms in total. The first-order valence-electron chi connectivity index (χ1n) is 22.2. The number of rotatable bonds is 29. The highest BCUT2D eigenvalue weighted by Gasteiger charge is 2.52. The number of aromatic hydroxyl groups is 1. The summed E-state index contributed by atoms with van der Waals surface area (Å²) in [6, 6.07) is 3.57. The molecular formula is C43H66N8O11S. The molecule has 0 aliphatic carbocycles. The molecule has 0 aromatic heterocycles. The molecule has 8 amide bonds. The summed E-state index contributed by atoms with van der Waals surface area (Å²) in [7, 11) is 0. The number of carbonyl (C=O) groups excluding carboxylic acids is 8. The van der Waals surface area contributed by atoms with E-state index in [1.165, 1.54) is 12.1 Å². The van der Waals surface area contributed by atoms with Crippen LogP contribution in [0.15, 0.2) is 24.3 Å². The van der Waals surface area contributed by atoms with Crippen LogP contribution in [0.5, 0.6) is 5.75 Å². The van der Waals surface area contributed by atoms with Crippen molar-refractivity contribution in [3.8, 4) is 5.75 Å². The van der Waals surface area contributed by atoms with Crippen molar-refractivity contribution in [3.05, 3.63) is 29.8 Å². The van der Waals surface area contributed by atoms with Crippen LogP contribution in [0.25, 0.3) is 0 Å². The molecule has 4 rings (SSSR count). The van der Waals surface area contributed by atoms with Crippen LogP contribution in [-0.4, -0.2) is 126 Å². The van der Waals surface area contributed by atoms with E-state index in [4.69, 9.17) is 15.2 Å². The molecule has 10 N–H and O–H groups in total. The smallest absolute Gasteiger partial charge is 0.338 e. The van der Waals surface area contributed by atoms with E-state index in [1.54, 1.807) is 19.1 Å². The van der Waals surface area contributed by atoms with Gasteiger partial charge in [0.2, 0.25) is 29.5 Å². The zero-order chi connectivity index (χ0) is 45.9. The minimum absolute atomic E-state index is 0.0131. The van der Waals surface area contributed by atoms with Crippen LogP contribution in [-0.2, 0) is 49.5 Å². The van der Waals surface area contributed by atoms with Crippen LogP contribution >= 0.6 is 11.8 Å². The van der Waals surface area contributed by atoms with E-state index < -0.39 is 59.9 Å². The lowest BCUT2D eigenvalue weighted by molar-refractivity contribution is -0.144. The first-order chi connectivity index (χ1) is 30.1. The molecule has 1 aromatic rings. The van der Waals surface area contributed by atoms with Gasteiger partial charge < -0.3 is 57.5 Å². The van der Waals surface area contributed by atoms with Gasteiger partial charge in [-0.2, -0.15) is 11.8 Å². The third kappa shape index (κ3) is 17.5. The maximum absolute atomic E-state index is 13.6. The number of carbonyl (C=O) groups is 8. The first kappa shape index (κ1) is 50.5. The Bertz CT molecular complexity index is 1730. The number of nitrogens with two attached hydrogens (primary N) is 1. The fourth-order valence-corrected chi connectivity index (χ4v) is 9.10. The molecule has 3 fully saturated rings. The second-order valence-electron chi connectivity index (χ2n) is 16.7. The Kier molecular flexibility index (Phi) is 20.7. The van der Waals surface area contributed by atoms with Crippen molar-refractivity contribution in [1.82, 2.24) is 37.2 Å². The number of urea groups is 1. The molecule has 0 spiro atoms. The summed E-state index contributed by atoms with van der Waals surface area (Å²) < 4.78 is 10.1. The Labute approximate surface area is 373 Å². The summed E-state index contributed by atoms with van der Waals surface area (Å²) in [5.41, 5.74) is 6.23. The number of unbranched alkanes of at least 4 members (excludes halogenated alkanes) is 4. The van der Waals surface area contributed by atoms with Gasteiger partial charge in [0.25, 0.3) is 5.91 Å². The van der Waals surface area contributed by atoms with E-state index in [2.05, 4.69) is 37.2 Å². The number of phenols is 1. The van der Waals surface area contributed by atoms with Gasteiger partial charge in [-0.1, -0.05) is 38.8 Å². The largest absolute Gasteiger partial charge is 0.508 e. The lowest BCUT2D eigenvalue weighted by Crippen LogP contribution is -2.55. The summed E-state index contributed by atoms with van der Waals surface area (Å²) >= 11 is 1.86. The highest BCUT2D eigenvalue weighted by atomic mass is 32.2. The zero-order valence-corrected chi connectivity index (χ0v) is 37.4. The summed E-state index contributed by atoms with van der Waals surface area (Å²) in [5, 5.41) is 29.9. The second kappa shape index (κ2) is 25.9.